The van der Waals surface area contributed by atoms with Gasteiger partial charge in [0, 0.05) is 12.0 Å². The lowest BCUT2D eigenvalue weighted by Gasteiger charge is -2.16. The minimum absolute atomic E-state index is 0.359. The Labute approximate surface area is 116 Å². The normalized spacial score (nSPS) is 12.2. The molecule has 1 aromatic heterocycles. The molecule has 0 aliphatic heterocycles. The highest BCUT2D eigenvalue weighted by Crippen LogP contribution is 2.40. The summed E-state index contributed by atoms with van der Waals surface area (Å²) in [7, 11) is 3.05. The first-order valence-corrected chi connectivity index (χ1v) is 6.14. The van der Waals surface area contributed by atoms with E-state index in [4.69, 9.17) is 25.5 Å². The predicted octanol–water partition coefficient (Wildman–Crippen LogP) is 3.23. The molecule has 5 heteroatoms. The second-order valence-corrected chi connectivity index (χ2v) is 4.43. The summed E-state index contributed by atoms with van der Waals surface area (Å²) in [6.07, 6.45) is 2.85. The van der Waals surface area contributed by atoms with Gasteiger partial charge in [-0.3, -0.25) is 0 Å². The fourth-order valence-electron chi connectivity index (χ4n) is 1.90. The number of hydrogen-bond donors (Lipinski definition) is 1. The summed E-state index contributed by atoms with van der Waals surface area (Å²) in [5.74, 6) is 0.958. The molecule has 0 radical (unpaired) electrons. The second-order valence-electron chi connectivity index (χ2n) is 4.06. The Hall–Kier alpha value is -1.65. The molecule has 0 aliphatic rings. The van der Waals surface area contributed by atoms with Crippen molar-refractivity contribution in [3.05, 3.63) is 46.9 Å². The highest BCUT2D eigenvalue weighted by molar-refractivity contribution is 6.33. The molecule has 1 heterocycles. The predicted molar refractivity (Wildman–Crippen MR) is 71.9 cm³/mol. The molecule has 2 aromatic rings. The Balaban J connectivity index is 2.29. The van der Waals surface area contributed by atoms with Gasteiger partial charge in [0.05, 0.1) is 37.9 Å². The van der Waals surface area contributed by atoms with Gasteiger partial charge < -0.3 is 19.0 Å². The van der Waals surface area contributed by atoms with Crippen molar-refractivity contribution in [1.29, 1.82) is 0 Å². The summed E-state index contributed by atoms with van der Waals surface area (Å²) in [5, 5.41) is 10.6. The zero-order chi connectivity index (χ0) is 13.8. The number of methoxy groups -OCH3 is 2. The van der Waals surface area contributed by atoms with Crippen LogP contribution in [-0.2, 0) is 6.42 Å². The van der Waals surface area contributed by atoms with Gasteiger partial charge >= 0.3 is 0 Å². The van der Waals surface area contributed by atoms with Crippen LogP contribution in [0.5, 0.6) is 11.5 Å². The van der Waals surface area contributed by atoms with Crippen LogP contribution in [0.3, 0.4) is 0 Å². The largest absolute Gasteiger partial charge is 0.493 e. The Bertz CT molecular complexity index is 537. The van der Waals surface area contributed by atoms with Crippen molar-refractivity contribution in [2.75, 3.05) is 14.2 Å². The van der Waals surface area contributed by atoms with E-state index in [-0.39, 0.29) is 0 Å². The van der Waals surface area contributed by atoms with Crippen LogP contribution in [-0.4, -0.2) is 19.3 Å². The summed E-state index contributed by atoms with van der Waals surface area (Å²) in [6, 6.07) is 5.25. The van der Waals surface area contributed by atoms with E-state index in [1.165, 1.54) is 14.2 Å². The number of aliphatic hydroxyl groups excluding tert-OH is 1. The van der Waals surface area contributed by atoms with Crippen molar-refractivity contribution >= 4 is 11.6 Å². The van der Waals surface area contributed by atoms with Crippen molar-refractivity contribution in [1.82, 2.24) is 0 Å². The van der Waals surface area contributed by atoms with Crippen molar-refractivity contribution in [3.63, 3.8) is 0 Å². The molecule has 0 amide bonds. The standard InChI is InChI=1S/C14H15ClO4/c1-17-12-4-3-10(13(15)14(12)18-2)11(16)7-9-5-6-19-8-9/h3-6,8,11,16H,7H2,1-2H3. The summed E-state index contributed by atoms with van der Waals surface area (Å²) in [5.41, 5.74) is 1.50. The number of halogens is 1. The molecular weight excluding hydrogens is 268 g/mol. The van der Waals surface area contributed by atoms with Crippen molar-refractivity contribution in [2.24, 2.45) is 0 Å². The minimum Gasteiger partial charge on any atom is -0.493 e. The number of rotatable bonds is 5. The third-order valence-electron chi connectivity index (χ3n) is 2.88. The van der Waals surface area contributed by atoms with Crippen LogP contribution in [0.2, 0.25) is 5.02 Å². The molecular formula is C14H15ClO4. The first-order valence-electron chi connectivity index (χ1n) is 5.77. The lowest BCUT2D eigenvalue weighted by Crippen LogP contribution is -2.03. The summed E-state index contributed by atoms with van der Waals surface area (Å²) < 4.78 is 15.3. The third-order valence-corrected chi connectivity index (χ3v) is 3.27. The van der Waals surface area contributed by atoms with Crippen molar-refractivity contribution in [2.45, 2.75) is 12.5 Å². The molecule has 4 nitrogen and oxygen atoms in total. The molecule has 1 N–H and O–H groups in total. The molecule has 2 rings (SSSR count). The molecule has 0 bridgehead atoms. The molecule has 102 valence electrons. The van der Waals surface area contributed by atoms with E-state index in [0.29, 0.717) is 28.5 Å². The van der Waals surface area contributed by atoms with E-state index in [1.807, 2.05) is 0 Å². The number of hydrogen-bond acceptors (Lipinski definition) is 4. The van der Waals surface area contributed by atoms with Crippen molar-refractivity contribution in [3.8, 4) is 11.5 Å². The van der Waals surface area contributed by atoms with E-state index in [1.54, 1.807) is 30.7 Å². The van der Waals surface area contributed by atoms with Gasteiger partial charge in [-0.2, -0.15) is 0 Å². The fourth-order valence-corrected chi connectivity index (χ4v) is 2.26. The Morgan fingerprint density at radius 3 is 2.63 bits per heavy atom. The molecule has 19 heavy (non-hydrogen) atoms. The Morgan fingerprint density at radius 2 is 2.05 bits per heavy atom. The highest BCUT2D eigenvalue weighted by Gasteiger charge is 2.19. The summed E-state index contributed by atoms with van der Waals surface area (Å²) >= 11 is 6.24. The maximum Gasteiger partial charge on any atom is 0.179 e. The topological polar surface area (TPSA) is 51.8 Å². The van der Waals surface area contributed by atoms with Crippen LogP contribution in [0, 0.1) is 0 Å². The lowest BCUT2D eigenvalue weighted by molar-refractivity contribution is 0.177. The Morgan fingerprint density at radius 1 is 1.26 bits per heavy atom. The SMILES string of the molecule is COc1ccc(C(O)Cc2ccoc2)c(Cl)c1OC. The quantitative estimate of drug-likeness (QED) is 0.915. The van der Waals surface area contributed by atoms with Gasteiger partial charge in [-0.25, -0.2) is 0 Å². The molecule has 0 spiro atoms. The smallest absolute Gasteiger partial charge is 0.179 e. The maximum atomic E-state index is 10.2. The third kappa shape index (κ3) is 2.85. The van der Waals surface area contributed by atoms with E-state index in [0.717, 1.165) is 5.56 Å². The number of furan rings is 1. The zero-order valence-corrected chi connectivity index (χ0v) is 11.5. The van der Waals surface area contributed by atoms with E-state index < -0.39 is 6.10 Å². The lowest BCUT2D eigenvalue weighted by atomic mass is 10.0. The van der Waals surface area contributed by atoms with E-state index in [2.05, 4.69) is 0 Å². The molecule has 0 saturated carbocycles. The molecule has 0 aliphatic carbocycles. The fraction of sp³-hybridized carbons (Fsp3) is 0.286. The minimum atomic E-state index is -0.732. The van der Waals surface area contributed by atoms with Gasteiger partial charge in [-0.05, 0) is 17.7 Å². The van der Waals surface area contributed by atoms with Gasteiger partial charge in [0.1, 0.15) is 0 Å². The molecule has 1 unspecified atom stereocenters. The monoisotopic (exact) mass is 282 g/mol. The zero-order valence-electron chi connectivity index (χ0n) is 10.7. The van der Waals surface area contributed by atoms with Crippen molar-refractivity contribution < 1.29 is 19.0 Å². The molecule has 0 saturated heterocycles. The van der Waals surface area contributed by atoms with Gasteiger partial charge in [-0.1, -0.05) is 17.7 Å². The molecule has 1 aromatic carbocycles. The molecule has 1 atom stereocenters. The summed E-state index contributed by atoms with van der Waals surface area (Å²) in [6.45, 7) is 0. The first-order chi connectivity index (χ1) is 9.17. The van der Waals surface area contributed by atoms with Gasteiger partial charge in [-0.15, -0.1) is 0 Å². The van der Waals surface area contributed by atoms with Crippen LogP contribution < -0.4 is 9.47 Å². The van der Waals surface area contributed by atoms with Gasteiger partial charge in [0.15, 0.2) is 11.5 Å². The van der Waals surface area contributed by atoms with E-state index in [9.17, 15) is 5.11 Å². The van der Waals surface area contributed by atoms with Crippen LogP contribution in [0.1, 0.15) is 17.2 Å². The highest BCUT2D eigenvalue weighted by atomic mass is 35.5. The summed E-state index contributed by atoms with van der Waals surface area (Å²) in [4.78, 5) is 0. The average Bonchev–Trinajstić information content (AvgIpc) is 2.90. The van der Waals surface area contributed by atoms with Crippen LogP contribution >= 0.6 is 11.6 Å². The number of benzene rings is 1. The van der Waals surface area contributed by atoms with Crippen LogP contribution in [0.25, 0.3) is 0 Å². The van der Waals surface area contributed by atoms with Gasteiger partial charge in [0.2, 0.25) is 0 Å². The maximum absolute atomic E-state index is 10.2. The average molecular weight is 283 g/mol. The molecule has 0 fully saturated rings. The van der Waals surface area contributed by atoms with Gasteiger partial charge in [0.25, 0.3) is 0 Å². The van der Waals surface area contributed by atoms with Crippen LogP contribution in [0.4, 0.5) is 0 Å². The second kappa shape index (κ2) is 5.99. The van der Waals surface area contributed by atoms with Crippen LogP contribution in [0.15, 0.2) is 35.1 Å². The Kier molecular flexibility index (Phi) is 4.35. The number of ether oxygens (including phenoxy) is 2. The van der Waals surface area contributed by atoms with E-state index >= 15 is 0 Å². The first kappa shape index (κ1) is 13.8. The number of aliphatic hydroxyl groups is 1.